The topological polar surface area (TPSA) is 49.3 Å². The number of carbonyl (C=O) groups is 1. The predicted molar refractivity (Wildman–Crippen MR) is 80.7 cm³/mol. The van der Waals surface area contributed by atoms with E-state index < -0.39 is 5.60 Å². The predicted octanol–water partition coefficient (Wildman–Crippen LogP) is 2.66. The monoisotopic (exact) mass is 275 g/mol. The zero-order chi connectivity index (χ0) is 14.6. The summed E-state index contributed by atoms with van der Waals surface area (Å²) in [4.78, 5) is 11.9. The van der Waals surface area contributed by atoms with Gasteiger partial charge in [-0.15, -0.1) is 0 Å². The van der Waals surface area contributed by atoms with E-state index in [0.717, 1.165) is 32.1 Å². The van der Waals surface area contributed by atoms with Crippen LogP contribution in [0.25, 0.3) is 0 Å². The Morgan fingerprint density at radius 2 is 2.00 bits per heavy atom. The Morgan fingerprint density at radius 3 is 2.65 bits per heavy atom. The number of hydrogen-bond donors (Lipinski definition) is 2. The number of hydrogen-bond acceptors (Lipinski definition) is 2. The van der Waals surface area contributed by atoms with Crippen molar-refractivity contribution >= 4 is 5.91 Å². The molecule has 0 heterocycles. The second-order valence-corrected chi connectivity index (χ2v) is 6.14. The van der Waals surface area contributed by atoms with Crippen molar-refractivity contribution in [1.29, 1.82) is 0 Å². The third-order valence-corrected chi connectivity index (χ3v) is 4.27. The molecule has 1 aliphatic rings. The van der Waals surface area contributed by atoms with Crippen molar-refractivity contribution in [3.63, 3.8) is 0 Å². The standard InChI is InChI=1S/C17H25NO2/c1-13-5-6-15(14(2)11-13)7-8-16(19)18-12-17(20)9-3-4-10-17/h5-6,11,20H,3-4,7-10,12H2,1-2H3,(H,18,19). The molecule has 1 aliphatic carbocycles. The molecule has 0 radical (unpaired) electrons. The van der Waals surface area contributed by atoms with E-state index in [1.807, 2.05) is 0 Å². The first kappa shape index (κ1) is 15.0. The minimum Gasteiger partial charge on any atom is -0.388 e. The van der Waals surface area contributed by atoms with Gasteiger partial charge in [0.25, 0.3) is 0 Å². The lowest BCUT2D eigenvalue weighted by molar-refractivity contribution is -0.122. The molecule has 2 N–H and O–H groups in total. The number of aliphatic hydroxyl groups is 1. The largest absolute Gasteiger partial charge is 0.388 e. The van der Waals surface area contributed by atoms with E-state index >= 15 is 0 Å². The Morgan fingerprint density at radius 1 is 1.30 bits per heavy atom. The van der Waals surface area contributed by atoms with Crippen molar-refractivity contribution in [3.05, 3.63) is 34.9 Å². The van der Waals surface area contributed by atoms with Crippen molar-refractivity contribution in [2.24, 2.45) is 0 Å². The second kappa shape index (κ2) is 6.40. The summed E-state index contributed by atoms with van der Waals surface area (Å²) in [5.41, 5.74) is 3.06. The SMILES string of the molecule is Cc1ccc(CCC(=O)NCC2(O)CCCC2)c(C)c1. The van der Waals surface area contributed by atoms with E-state index in [2.05, 4.69) is 37.4 Å². The molecule has 1 amide bonds. The minimum absolute atomic E-state index is 0.0327. The molecule has 0 bridgehead atoms. The van der Waals surface area contributed by atoms with Gasteiger partial charge in [0, 0.05) is 13.0 Å². The Labute approximate surface area is 121 Å². The molecular formula is C17H25NO2. The lowest BCUT2D eigenvalue weighted by atomic mass is 10.0. The minimum atomic E-state index is -0.657. The molecular weight excluding hydrogens is 250 g/mol. The molecule has 3 heteroatoms. The van der Waals surface area contributed by atoms with Crippen molar-refractivity contribution < 1.29 is 9.90 Å². The van der Waals surface area contributed by atoms with Crippen LogP contribution in [0.5, 0.6) is 0 Å². The van der Waals surface area contributed by atoms with Gasteiger partial charge in [0.1, 0.15) is 0 Å². The van der Waals surface area contributed by atoms with Crippen LogP contribution in [0.4, 0.5) is 0 Å². The molecule has 0 unspecified atom stereocenters. The van der Waals surface area contributed by atoms with Crippen LogP contribution in [0, 0.1) is 13.8 Å². The molecule has 2 rings (SSSR count). The van der Waals surface area contributed by atoms with Gasteiger partial charge in [-0.1, -0.05) is 36.6 Å². The number of carbonyl (C=O) groups excluding carboxylic acids is 1. The van der Waals surface area contributed by atoms with Gasteiger partial charge in [-0.25, -0.2) is 0 Å². The summed E-state index contributed by atoms with van der Waals surface area (Å²) >= 11 is 0. The fourth-order valence-electron chi connectivity index (χ4n) is 2.94. The third-order valence-electron chi connectivity index (χ3n) is 4.27. The number of rotatable bonds is 5. The van der Waals surface area contributed by atoms with E-state index in [1.54, 1.807) is 0 Å². The van der Waals surface area contributed by atoms with E-state index in [4.69, 9.17) is 0 Å². The van der Waals surface area contributed by atoms with Crippen LogP contribution in [-0.4, -0.2) is 23.2 Å². The number of benzene rings is 1. The first-order valence-electron chi connectivity index (χ1n) is 7.54. The lowest BCUT2D eigenvalue weighted by Crippen LogP contribution is -2.40. The smallest absolute Gasteiger partial charge is 0.220 e. The molecule has 0 saturated heterocycles. The van der Waals surface area contributed by atoms with Gasteiger partial charge in [0.15, 0.2) is 0 Å². The Hall–Kier alpha value is -1.35. The van der Waals surface area contributed by atoms with Crippen LogP contribution in [0.2, 0.25) is 0 Å². The average molecular weight is 275 g/mol. The van der Waals surface area contributed by atoms with Crippen LogP contribution in [0.15, 0.2) is 18.2 Å². The van der Waals surface area contributed by atoms with Crippen LogP contribution < -0.4 is 5.32 Å². The summed E-state index contributed by atoms with van der Waals surface area (Å²) < 4.78 is 0. The van der Waals surface area contributed by atoms with Gasteiger partial charge in [-0.2, -0.15) is 0 Å². The molecule has 1 saturated carbocycles. The molecule has 0 spiro atoms. The molecule has 110 valence electrons. The summed E-state index contributed by atoms with van der Waals surface area (Å²) in [7, 11) is 0. The fraction of sp³-hybridized carbons (Fsp3) is 0.588. The molecule has 1 aromatic carbocycles. The van der Waals surface area contributed by atoms with Crippen molar-refractivity contribution in [2.45, 2.75) is 58.0 Å². The van der Waals surface area contributed by atoms with Crippen LogP contribution in [0.1, 0.15) is 48.8 Å². The molecule has 0 aliphatic heterocycles. The zero-order valence-corrected chi connectivity index (χ0v) is 12.5. The number of amides is 1. The highest BCUT2D eigenvalue weighted by atomic mass is 16.3. The highest BCUT2D eigenvalue weighted by Crippen LogP contribution is 2.28. The Bertz CT molecular complexity index is 476. The van der Waals surface area contributed by atoms with Crippen LogP contribution in [0.3, 0.4) is 0 Å². The fourth-order valence-corrected chi connectivity index (χ4v) is 2.94. The molecule has 1 fully saturated rings. The highest BCUT2D eigenvalue weighted by Gasteiger charge is 2.31. The van der Waals surface area contributed by atoms with Crippen LogP contribution >= 0.6 is 0 Å². The highest BCUT2D eigenvalue weighted by molar-refractivity contribution is 5.76. The number of aryl methyl sites for hydroxylation is 3. The summed E-state index contributed by atoms with van der Waals surface area (Å²) in [6.45, 7) is 4.56. The van der Waals surface area contributed by atoms with Gasteiger partial charge in [-0.3, -0.25) is 4.79 Å². The van der Waals surface area contributed by atoms with E-state index in [1.165, 1.54) is 16.7 Å². The molecule has 0 aromatic heterocycles. The van der Waals surface area contributed by atoms with E-state index in [-0.39, 0.29) is 5.91 Å². The normalized spacial score (nSPS) is 17.1. The summed E-state index contributed by atoms with van der Waals surface area (Å²) in [5, 5.41) is 13.1. The Kier molecular flexibility index (Phi) is 4.81. The van der Waals surface area contributed by atoms with E-state index in [9.17, 15) is 9.90 Å². The maximum Gasteiger partial charge on any atom is 0.220 e. The first-order chi connectivity index (χ1) is 9.48. The summed E-state index contributed by atoms with van der Waals surface area (Å²) in [6, 6.07) is 6.33. The van der Waals surface area contributed by atoms with Crippen LogP contribution in [-0.2, 0) is 11.2 Å². The average Bonchev–Trinajstić information content (AvgIpc) is 2.83. The number of nitrogens with one attached hydrogen (secondary N) is 1. The van der Waals surface area contributed by atoms with Gasteiger partial charge in [0.05, 0.1) is 5.60 Å². The second-order valence-electron chi connectivity index (χ2n) is 6.14. The Balaban J connectivity index is 1.77. The third kappa shape index (κ3) is 4.07. The van der Waals surface area contributed by atoms with Gasteiger partial charge >= 0.3 is 0 Å². The molecule has 1 aromatic rings. The van der Waals surface area contributed by atoms with Crippen molar-refractivity contribution in [3.8, 4) is 0 Å². The summed E-state index contributed by atoms with van der Waals surface area (Å²) in [5.74, 6) is 0.0327. The maximum absolute atomic E-state index is 11.9. The van der Waals surface area contributed by atoms with Gasteiger partial charge < -0.3 is 10.4 Å². The van der Waals surface area contributed by atoms with Crippen molar-refractivity contribution in [2.75, 3.05) is 6.54 Å². The zero-order valence-electron chi connectivity index (χ0n) is 12.5. The van der Waals surface area contributed by atoms with Crippen molar-refractivity contribution in [1.82, 2.24) is 5.32 Å². The van der Waals surface area contributed by atoms with E-state index in [0.29, 0.717) is 13.0 Å². The first-order valence-corrected chi connectivity index (χ1v) is 7.54. The maximum atomic E-state index is 11.9. The molecule has 0 atom stereocenters. The lowest BCUT2D eigenvalue weighted by Gasteiger charge is -2.22. The van der Waals surface area contributed by atoms with Gasteiger partial charge in [-0.05, 0) is 44.2 Å². The molecule has 3 nitrogen and oxygen atoms in total. The molecule has 20 heavy (non-hydrogen) atoms. The summed E-state index contributed by atoms with van der Waals surface area (Å²) in [6.07, 6.45) is 4.99. The quantitative estimate of drug-likeness (QED) is 0.868. The van der Waals surface area contributed by atoms with Gasteiger partial charge in [0.2, 0.25) is 5.91 Å².